The molecule has 0 heterocycles. The molecule has 1 fully saturated rings. The summed E-state index contributed by atoms with van der Waals surface area (Å²) >= 11 is 0. The van der Waals surface area contributed by atoms with Crippen molar-refractivity contribution in [2.45, 2.75) is 25.7 Å². The van der Waals surface area contributed by atoms with Gasteiger partial charge in [0, 0.05) is 0 Å². The second-order valence-corrected chi connectivity index (χ2v) is 2.71. The highest BCUT2D eigenvalue weighted by atomic mass is 14.3. The van der Waals surface area contributed by atoms with E-state index in [-0.39, 0.29) is 0 Å². The summed E-state index contributed by atoms with van der Waals surface area (Å²) < 4.78 is 0. The monoisotopic (exact) mass is 94.1 g/mol. The minimum absolute atomic E-state index is 1.08. The van der Waals surface area contributed by atoms with Crippen LogP contribution in [0.3, 0.4) is 0 Å². The Kier molecular flexibility index (Phi) is 0.592. The Labute approximate surface area is 44.2 Å². The molecule has 2 rings (SSSR count). The van der Waals surface area contributed by atoms with Crippen LogP contribution in [-0.2, 0) is 0 Å². The van der Waals surface area contributed by atoms with E-state index in [0.717, 1.165) is 5.92 Å². The zero-order valence-electron chi connectivity index (χ0n) is 4.48. The number of allylic oxidation sites excluding steroid dienone is 2. The molecule has 0 aromatic rings. The molecular formula is C7H10. The van der Waals surface area contributed by atoms with E-state index in [0.29, 0.717) is 0 Å². The average Bonchev–Trinajstić information content (AvgIpc) is 2.22. The van der Waals surface area contributed by atoms with Crippen LogP contribution < -0.4 is 0 Å². The molecule has 0 nitrogen and oxygen atoms in total. The van der Waals surface area contributed by atoms with Gasteiger partial charge in [0.2, 0.25) is 0 Å². The highest BCUT2D eigenvalue weighted by Crippen LogP contribution is 2.38. The third kappa shape index (κ3) is 0.425. The van der Waals surface area contributed by atoms with Crippen LogP contribution in [0, 0.1) is 5.92 Å². The van der Waals surface area contributed by atoms with Crippen molar-refractivity contribution in [3.63, 3.8) is 0 Å². The maximum Gasteiger partial charge on any atom is -0.0289 e. The Bertz CT molecular complexity index is 111. The lowest BCUT2D eigenvalue weighted by Crippen LogP contribution is -1.85. The fraction of sp³-hybridized carbons (Fsp3) is 0.714. The summed E-state index contributed by atoms with van der Waals surface area (Å²) in [6, 6.07) is 0. The molecule has 0 heteroatoms. The maximum atomic E-state index is 2.42. The molecule has 38 valence electrons. The van der Waals surface area contributed by atoms with E-state index in [9.17, 15) is 0 Å². The van der Waals surface area contributed by atoms with Crippen LogP contribution in [0.5, 0.6) is 0 Å². The van der Waals surface area contributed by atoms with Crippen LogP contribution >= 0.6 is 0 Å². The standard InChI is InChI=1S/C7H10/c1-2-7-4-3-6(1)5-7/h1,7H,2-5H2. The minimum atomic E-state index is 1.08. The smallest absolute Gasteiger partial charge is 0.0289 e. The molecule has 0 aromatic heterocycles. The number of hydrogen-bond donors (Lipinski definition) is 0. The van der Waals surface area contributed by atoms with E-state index in [1.54, 1.807) is 5.57 Å². The second kappa shape index (κ2) is 1.12. The van der Waals surface area contributed by atoms with Gasteiger partial charge >= 0.3 is 0 Å². The van der Waals surface area contributed by atoms with Crippen LogP contribution in [0.2, 0.25) is 0 Å². The Hall–Kier alpha value is -0.260. The van der Waals surface area contributed by atoms with Gasteiger partial charge in [-0.3, -0.25) is 0 Å². The van der Waals surface area contributed by atoms with Crippen molar-refractivity contribution in [2.24, 2.45) is 5.92 Å². The van der Waals surface area contributed by atoms with E-state index in [1.807, 2.05) is 0 Å². The Balaban J connectivity index is 2.30. The lowest BCUT2D eigenvalue weighted by molar-refractivity contribution is 0.576. The summed E-state index contributed by atoms with van der Waals surface area (Å²) in [5, 5.41) is 0. The van der Waals surface area contributed by atoms with Gasteiger partial charge in [-0.1, -0.05) is 11.6 Å². The van der Waals surface area contributed by atoms with Crippen LogP contribution in [0.15, 0.2) is 11.6 Å². The lowest BCUT2D eigenvalue weighted by Gasteiger charge is -1.98. The molecular weight excluding hydrogens is 84.1 g/mol. The van der Waals surface area contributed by atoms with E-state index in [4.69, 9.17) is 0 Å². The van der Waals surface area contributed by atoms with Gasteiger partial charge in [-0.2, -0.15) is 0 Å². The van der Waals surface area contributed by atoms with Gasteiger partial charge in [-0.25, -0.2) is 0 Å². The molecule has 0 N–H and O–H groups in total. The van der Waals surface area contributed by atoms with Crippen LogP contribution in [0.1, 0.15) is 25.7 Å². The van der Waals surface area contributed by atoms with Crippen molar-refractivity contribution in [3.05, 3.63) is 11.6 Å². The molecule has 1 atom stereocenters. The van der Waals surface area contributed by atoms with Crippen LogP contribution in [-0.4, -0.2) is 0 Å². The molecule has 0 spiro atoms. The highest BCUT2D eigenvalue weighted by molar-refractivity contribution is 5.15. The third-order valence-corrected chi connectivity index (χ3v) is 2.16. The zero-order chi connectivity index (χ0) is 4.69. The van der Waals surface area contributed by atoms with E-state index in [2.05, 4.69) is 6.08 Å². The molecule has 0 amide bonds. The molecule has 2 bridgehead atoms. The predicted octanol–water partition coefficient (Wildman–Crippen LogP) is 2.12. The van der Waals surface area contributed by atoms with Gasteiger partial charge in [0.15, 0.2) is 0 Å². The van der Waals surface area contributed by atoms with Crippen LogP contribution in [0.4, 0.5) is 0 Å². The zero-order valence-corrected chi connectivity index (χ0v) is 4.48. The molecule has 2 aliphatic rings. The quantitative estimate of drug-likeness (QED) is 0.403. The van der Waals surface area contributed by atoms with E-state index >= 15 is 0 Å². The average molecular weight is 94.2 g/mol. The van der Waals surface area contributed by atoms with Crippen molar-refractivity contribution in [1.82, 2.24) is 0 Å². The minimum Gasteiger partial charge on any atom is -0.0850 e. The van der Waals surface area contributed by atoms with Crippen molar-refractivity contribution in [1.29, 1.82) is 0 Å². The maximum absolute atomic E-state index is 2.42. The number of hydrogen-bond acceptors (Lipinski definition) is 0. The summed E-state index contributed by atoms with van der Waals surface area (Å²) in [6.07, 6.45) is 8.18. The van der Waals surface area contributed by atoms with Crippen molar-refractivity contribution in [3.8, 4) is 0 Å². The normalized spacial score (nSPS) is 36.6. The molecule has 0 saturated heterocycles. The molecule has 0 aromatic carbocycles. The number of rotatable bonds is 0. The first kappa shape index (κ1) is 3.71. The van der Waals surface area contributed by atoms with Gasteiger partial charge in [0.05, 0.1) is 0 Å². The first-order valence-electron chi connectivity index (χ1n) is 3.13. The van der Waals surface area contributed by atoms with E-state index < -0.39 is 0 Å². The van der Waals surface area contributed by atoms with Gasteiger partial charge < -0.3 is 0 Å². The van der Waals surface area contributed by atoms with E-state index in [1.165, 1.54) is 25.7 Å². The third-order valence-electron chi connectivity index (χ3n) is 2.16. The van der Waals surface area contributed by atoms with Gasteiger partial charge in [-0.05, 0) is 31.6 Å². The molecule has 0 radical (unpaired) electrons. The predicted molar refractivity (Wildman–Crippen MR) is 30.0 cm³/mol. The highest BCUT2D eigenvalue weighted by Gasteiger charge is 2.22. The Morgan fingerprint density at radius 2 is 2.57 bits per heavy atom. The Morgan fingerprint density at radius 1 is 1.57 bits per heavy atom. The number of fused-ring (bicyclic) bond motifs is 2. The van der Waals surface area contributed by atoms with Gasteiger partial charge in [0.25, 0.3) is 0 Å². The van der Waals surface area contributed by atoms with Crippen molar-refractivity contribution in [2.75, 3.05) is 0 Å². The summed E-state index contributed by atoms with van der Waals surface area (Å²) in [6.45, 7) is 0. The summed E-state index contributed by atoms with van der Waals surface area (Å²) in [4.78, 5) is 0. The fourth-order valence-corrected chi connectivity index (χ4v) is 1.68. The summed E-state index contributed by atoms with van der Waals surface area (Å²) in [5.41, 5.74) is 1.74. The van der Waals surface area contributed by atoms with Crippen LogP contribution in [0.25, 0.3) is 0 Å². The summed E-state index contributed by atoms with van der Waals surface area (Å²) in [5.74, 6) is 1.08. The first-order chi connectivity index (χ1) is 3.45. The second-order valence-electron chi connectivity index (χ2n) is 2.71. The molecule has 2 aliphatic carbocycles. The molecule has 1 unspecified atom stereocenters. The summed E-state index contributed by atoms with van der Waals surface area (Å²) in [7, 11) is 0. The molecule has 1 saturated carbocycles. The van der Waals surface area contributed by atoms with Crippen molar-refractivity contribution < 1.29 is 0 Å². The topological polar surface area (TPSA) is 0 Å². The molecule has 7 heavy (non-hydrogen) atoms. The SMILES string of the molecule is C1=C2CCC(C1)C2. The van der Waals surface area contributed by atoms with Gasteiger partial charge in [-0.15, -0.1) is 0 Å². The first-order valence-corrected chi connectivity index (χ1v) is 3.13. The van der Waals surface area contributed by atoms with Gasteiger partial charge in [0.1, 0.15) is 0 Å². The largest absolute Gasteiger partial charge is 0.0850 e. The lowest BCUT2D eigenvalue weighted by atomic mass is 10.1. The fourth-order valence-electron chi connectivity index (χ4n) is 1.68. The Morgan fingerprint density at radius 3 is 2.71 bits per heavy atom. The molecule has 0 aliphatic heterocycles. The van der Waals surface area contributed by atoms with Crippen molar-refractivity contribution >= 4 is 0 Å².